The molecule has 0 saturated carbocycles. The van der Waals surface area contributed by atoms with Gasteiger partial charge in [-0.3, -0.25) is 14.4 Å². The molecule has 1 N–H and O–H groups in total. The summed E-state index contributed by atoms with van der Waals surface area (Å²) in [6.45, 7) is 1.73. The van der Waals surface area contributed by atoms with Gasteiger partial charge in [0.2, 0.25) is 11.8 Å². The van der Waals surface area contributed by atoms with Crippen LogP contribution in [0.4, 0.5) is 0 Å². The number of ketones is 1. The van der Waals surface area contributed by atoms with Crippen molar-refractivity contribution in [2.75, 3.05) is 13.1 Å². The van der Waals surface area contributed by atoms with E-state index in [0.717, 1.165) is 32.2 Å². The third kappa shape index (κ3) is 4.75. The maximum Gasteiger partial charge on any atom is 0.224 e. The number of thiophene rings is 1. The predicted octanol–water partition coefficient (Wildman–Crippen LogP) is 3.29. The Morgan fingerprint density at radius 1 is 0.966 bits per heavy atom. The standard InChI is InChI=1S/C23H26N2O3S/c26-20(18-5-4-16-2-1-3-17(16)14-18)6-7-22(27)24-11-8-23(28)25-12-9-21-19(15-25)10-13-29-21/h4-5,10,13-14H,1-3,6-9,11-12,15H2,(H,24,27). The molecule has 152 valence electrons. The van der Waals surface area contributed by atoms with Crippen molar-refractivity contribution in [2.24, 2.45) is 0 Å². The lowest BCUT2D eigenvalue weighted by Gasteiger charge is -2.27. The summed E-state index contributed by atoms with van der Waals surface area (Å²) >= 11 is 1.75. The third-order valence-corrected chi connectivity index (χ3v) is 6.84. The Kier molecular flexibility index (Phi) is 6.09. The van der Waals surface area contributed by atoms with E-state index in [9.17, 15) is 14.4 Å². The molecule has 0 saturated heterocycles. The molecule has 1 aromatic heterocycles. The fourth-order valence-electron chi connectivity index (χ4n) is 4.13. The number of fused-ring (bicyclic) bond motifs is 2. The number of hydrogen-bond donors (Lipinski definition) is 1. The second-order valence-electron chi connectivity index (χ2n) is 7.79. The fraction of sp³-hybridized carbons (Fsp3) is 0.435. The van der Waals surface area contributed by atoms with Crippen molar-refractivity contribution in [3.63, 3.8) is 0 Å². The molecule has 1 aliphatic heterocycles. The predicted molar refractivity (Wildman–Crippen MR) is 113 cm³/mol. The van der Waals surface area contributed by atoms with Gasteiger partial charge in [-0.2, -0.15) is 0 Å². The van der Waals surface area contributed by atoms with Gasteiger partial charge in [0.15, 0.2) is 5.78 Å². The van der Waals surface area contributed by atoms with Crippen LogP contribution in [0.2, 0.25) is 0 Å². The number of aryl methyl sites for hydroxylation is 2. The molecule has 2 amide bonds. The van der Waals surface area contributed by atoms with Crippen LogP contribution in [0.25, 0.3) is 0 Å². The number of carbonyl (C=O) groups is 3. The highest BCUT2D eigenvalue weighted by atomic mass is 32.1. The van der Waals surface area contributed by atoms with Gasteiger partial charge in [-0.1, -0.05) is 12.1 Å². The highest BCUT2D eigenvalue weighted by Crippen LogP contribution is 2.25. The minimum atomic E-state index is -0.175. The average molecular weight is 411 g/mol. The molecule has 2 aliphatic rings. The summed E-state index contributed by atoms with van der Waals surface area (Å²) in [4.78, 5) is 40.1. The highest BCUT2D eigenvalue weighted by Gasteiger charge is 2.21. The lowest BCUT2D eigenvalue weighted by Crippen LogP contribution is -2.37. The number of rotatable bonds is 7. The molecule has 5 nitrogen and oxygen atoms in total. The molecular weight excluding hydrogens is 384 g/mol. The third-order valence-electron chi connectivity index (χ3n) is 5.82. The molecule has 0 bridgehead atoms. The number of carbonyl (C=O) groups excluding carboxylic acids is 3. The Bertz CT molecular complexity index is 934. The zero-order chi connectivity index (χ0) is 20.2. The maximum absolute atomic E-state index is 12.4. The lowest BCUT2D eigenvalue weighted by molar-refractivity contribution is -0.132. The molecule has 0 unspecified atom stereocenters. The smallest absolute Gasteiger partial charge is 0.224 e. The number of hydrogen-bond acceptors (Lipinski definition) is 4. The molecule has 0 spiro atoms. The second kappa shape index (κ2) is 8.91. The van der Waals surface area contributed by atoms with E-state index in [1.807, 2.05) is 23.1 Å². The molecule has 2 aromatic rings. The first-order chi connectivity index (χ1) is 14.1. The molecule has 2 heterocycles. The first kappa shape index (κ1) is 19.8. The van der Waals surface area contributed by atoms with E-state index in [2.05, 4.69) is 16.8 Å². The second-order valence-corrected chi connectivity index (χ2v) is 8.80. The molecular formula is C23H26N2O3S. The summed E-state index contributed by atoms with van der Waals surface area (Å²) in [6, 6.07) is 7.99. The Morgan fingerprint density at radius 3 is 2.72 bits per heavy atom. The minimum Gasteiger partial charge on any atom is -0.356 e. The van der Waals surface area contributed by atoms with E-state index in [0.29, 0.717) is 25.1 Å². The number of Topliss-reactive ketones (excluding diaryl/α,β-unsaturated/α-hetero) is 1. The average Bonchev–Trinajstić information content (AvgIpc) is 3.39. The minimum absolute atomic E-state index is 0.00538. The molecule has 6 heteroatoms. The molecule has 0 radical (unpaired) electrons. The first-order valence-electron chi connectivity index (χ1n) is 10.3. The van der Waals surface area contributed by atoms with Gasteiger partial charge < -0.3 is 10.2 Å². The summed E-state index contributed by atoms with van der Waals surface area (Å²) in [5.74, 6) is -0.103. The van der Waals surface area contributed by atoms with Gasteiger partial charge in [0.05, 0.1) is 0 Å². The van der Waals surface area contributed by atoms with Gasteiger partial charge in [0.25, 0.3) is 0 Å². The van der Waals surface area contributed by atoms with Gasteiger partial charge in [0.1, 0.15) is 0 Å². The SMILES string of the molecule is O=C(CCC(=O)c1ccc2c(c1)CCC2)NCCC(=O)N1CCc2sccc2C1. The maximum atomic E-state index is 12.4. The van der Waals surface area contributed by atoms with Gasteiger partial charge in [-0.15, -0.1) is 11.3 Å². The van der Waals surface area contributed by atoms with Crippen molar-refractivity contribution in [2.45, 2.75) is 51.5 Å². The molecule has 0 atom stereocenters. The van der Waals surface area contributed by atoms with Crippen molar-refractivity contribution in [1.29, 1.82) is 0 Å². The van der Waals surface area contributed by atoms with E-state index in [1.54, 1.807) is 11.3 Å². The van der Waals surface area contributed by atoms with Crippen molar-refractivity contribution in [3.8, 4) is 0 Å². The van der Waals surface area contributed by atoms with Crippen molar-refractivity contribution < 1.29 is 14.4 Å². The van der Waals surface area contributed by atoms with Crippen LogP contribution in [0.3, 0.4) is 0 Å². The number of benzene rings is 1. The highest BCUT2D eigenvalue weighted by molar-refractivity contribution is 7.10. The fourth-order valence-corrected chi connectivity index (χ4v) is 5.02. The normalized spacial score (nSPS) is 15.0. The first-order valence-corrected chi connectivity index (χ1v) is 11.2. The molecule has 1 aromatic carbocycles. The van der Waals surface area contributed by atoms with E-state index >= 15 is 0 Å². The van der Waals surface area contributed by atoms with Crippen LogP contribution in [0.1, 0.15) is 57.6 Å². The van der Waals surface area contributed by atoms with Gasteiger partial charge in [-0.25, -0.2) is 0 Å². The van der Waals surface area contributed by atoms with E-state index in [1.165, 1.54) is 21.6 Å². The Balaban J connectivity index is 1.17. The van der Waals surface area contributed by atoms with Crippen LogP contribution in [0.15, 0.2) is 29.6 Å². The summed E-state index contributed by atoms with van der Waals surface area (Å²) in [7, 11) is 0. The van der Waals surface area contributed by atoms with Crippen LogP contribution < -0.4 is 5.32 Å². The van der Waals surface area contributed by atoms with Crippen molar-refractivity contribution >= 4 is 28.9 Å². The van der Waals surface area contributed by atoms with Crippen LogP contribution in [0, 0.1) is 0 Å². The quantitative estimate of drug-likeness (QED) is 0.713. The zero-order valence-electron chi connectivity index (χ0n) is 16.5. The van der Waals surface area contributed by atoms with Gasteiger partial charge >= 0.3 is 0 Å². The zero-order valence-corrected chi connectivity index (χ0v) is 17.4. The van der Waals surface area contributed by atoms with Crippen molar-refractivity contribution in [3.05, 3.63) is 56.8 Å². The van der Waals surface area contributed by atoms with Crippen LogP contribution in [-0.4, -0.2) is 35.6 Å². The Hall–Kier alpha value is -2.47. The van der Waals surface area contributed by atoms with Crippen LogP contribution >= 0.6 is 11.3 Å². The lowest BCUT2D eigenvalue weighted by atomic mass is 10.0. The molecule has 29 heavy (non-hydrogen) atoms. The summed E-state index contributed by atoms with van der Waals surface area (Å²) in [5.41, 5.74) is 4.55. The van der Waals surface area contributed by atoms with E-state index in [-0.39, 0.29) is 30.4 Å². The van der Waals surface area contributed by atoms with E-state index < -0.39 is 0 Å². The molecule has 0 fully saturated rings. The topological polar surface area (TPSA) is 66.5 Å². The van der Waals surface area contributed by atoms with Crippen LogP contribution in [-0.2, 0) is 35.4 Å². The largest absolute Gasteiger partial charge is 0.356 e. The van der Waals surface area contributed by atoms with Gasteiger partial charge in [0, 0.05) is 49.3 Å². The summed E-state index contributed by atoms with van der Waals surface area (Å²) in [5, 5.41) is 4.85. The Morgan fingerprint density at radius 2 is 1.83 bits per heavy atom. The van der Waals surface area contributed by atoms with Crippen molar-refractivity contribution in [1.82, 2.24) is 10.2 Å². The number of nitrogens with zero attached hydrogens (tertiary/aromatic N) is 1. The van der Waals surface area contributed by atoms with E-state index in [4.69, 9.17) is 0 Å². The van der Waals surface area contributed by atoms with Crippen LogP contribution in [0.5, 0.6) is 0 Å². The molecule has 1 aliphatic carbocycles. The Labute approximate surface area is 175 Å². The summed E-state index contributed by atoms with van der Waals surface area (Å²) in [6.07, 6.45) is 4.85. The number of nitrogens with one attached hydrogen (secondary N) is 1. The number of amides is 2. The summed E-state index contributed by atoms with van der Waals surface area (Å²) < 4.78 is 0. The van der Waals surface area contributed by atoms with Gasteiger partial charge in [-0.05, 0) is 59.9 Å². The monoisotopic (exact) mass is 410 g/mol. The molecule has 4 rings (SSSR count).